The zero-order chi connectivity index (χ0) is 10.7. The third-order valence-corrected chi connectivity index (χ3v) is 2.18. The summed E-state index contributed by atoms with van der Waals surface area (Å²) in [7, 11) is 0. The second-order valence-corrected chi connectivity index (χ2v) is 3.31. The number of nitrogens with zero attached hydrogens (tertiary/aromatic N) is 1. The monoisotopic (exact) mass is 203 g/mol. The summed E-state index contributed by atoms with van der Waals surface area (Å²) in [4.78, 5) is 3.89. The van der Waals surface area contributed by atoms with Crippen LogP contribution in [-0.2, 0) is 6.42 Å². The average molecular weight is 203 g/mol. The van der Waals surface area contributed by atoms with Gasteiger partial charge in [-0.2, -0.15) is 0 Å². The number of aromatic hydroxyl groups is 1. The maximum absolute atomic E-state index is 13.4. The molecule has 2 nitrogen and oxygen atoms in total. The quantitative estimate of drug-likeness (QED) is 0.813. The summed E-state index contributed by atoms with van der Waals surface area (Å²) in [6, 6.07) is 7.87. The van der Waals surface area contributed by atoms with Gasteiger partial charge >= 0.3 is 0 Å². The molecule has 0 unspecified atom stereocenters. The number of pyridine rings is 1. The molecule has 3 heteroatoms. The van der Waals surface area contributed by atoms with Crippen LogP contribution in [0.25, 0.3) is 0 Å². The molecule has 0 fully saturated rings. The van der Waals surface area contributed by atoms with Crippen LogP contribution in [0.2, 0.25) is 0 Å². The minimum absolute atomic E-state index is 0.0500. The molecule has 0 amide bonds. The van der Waals surface area contributed by atoms with Crippen LogP contribution in [-0.4, -0.2) is 10.1 Å². The average Bonchev–Trinajstić information content (AvgIpc) is 2.24. The summed E-state index contributed by atoms with van der Waals surface area (Å²) in [6.45, 7) is 0. The molecule has 76 valence electrons. The van der Waals surface area contributed by atoms with Crippen molar-refractivity contribution in [1.82, 2.24) is 4.98 Å². The second kappa shape index (κ2) is 4.09. The Morgan fingerprint density at radius 1 is 1.13 bits per heavy atom. The molecule has 1 heterocycles. The number of phenols is 1. The number of halogens is 1. The smallest absolute Gasteiger partial charge is 0.130 e. The molecule has 0 radical (unpaired) electrons. The fraction of sp³-hybridized carbons (Fsp3) is 0.0833. The number of rotatable bonds is 2. The van der Waals surface area contributed by atoms with Crippen LogP contribution in [0.3, 0.4) is 0 Å². The summed E-state index contributed by atoms with van der Waals surface area (Å²) >= 11 is 0. The van der Waals surface area contributed by atoms with Crippen LogP contribution in [0, 0.1) is 5.82 Å². The molecule has 0 spiro atoms. The van der Waals surface area contributed by atoms with Crippen molar-refractivity contribution in [2.75, 3.05) is 0 Å². The molecule has 15 heavy (non-hydrogen) atoms. The number of phenolic OH excluding ortho intramolecular Hbond substituents is 1. The Balaban J connectivity index is 2.25. The lowest BCUT2D eigenvalue weighted by molar-refractivity contribution is 0.468. The van der Waals surface area contributed by atoms with Gasteiger partial charge in [-0.15, -0.1) is 0 Å². The molecule has 2 aromatic rings. The van der Waals surface area contributed by atoms with Gasteiger partial charge in [0.2, 0.25) is 0 Å². The highest BCUT2D eigenvalue weighted by atomic mass is 19.1. The van der Waals surface area contributed by atoms with E-state index in [1.807, 2.05) is 12.1 Å². The molecule has 0 aliphatic heterocycles. The van der Waals surface area contributed by atoms with Gasteiger partial charge in [-0.25, -0.2) is 4.39 Å². The van der Waals surface area contributed by atoms with E-state index in [1.165, 1.54) is 6.07 Å². The predicted octanol–water partition coefficient (Wildman–Crippen LogP) is 2.52. The molecule has 1 N–H and O–H groups in total. The first kappa shape index (κ1) is 9.65. The number of benzene rings is 1. The van der Waals surface area contributed by atoms with E-state index in [0.717, 1.165) is 11.6 Å². The molecule has 0 aliphatic carbocycles. The van der Waals surface area contributed by atoms with E-state index >= 15 is 0 Å². The van der Waals surface area contributed by atoms with Gasteiger partial charge in [-0.3, -0.25) is 4.98 Å². The minimum Gasteiger partial charge on any atom is -0.508 e. The molecule has 0 saturated heterocycles. The number of hydrogen-bond acceptors (Lipinski definition) is 2. The van der Waals surface area contributed by atoms with Gasteiger partial charge in [0.05, 0.1) is 0 Å². The number of hydrogen-bond donors (Lipinski definition) is 1. The van der Waals surface area contributed by atoms with Crippen molar-refractivity contribution in [3.05, 3.63) is 59.7 Å². The highest BCUT2D eigenvalue weighted by molar-refractivity contribution is 5.31. The molecule has 0 aliphatic rings. The van der Waals surface area contributed by atoms with Crippen molar-refractivity contribution >= 4 is 0 Å². The van der Waals surface area contributed by atoms with E-state index in [0.29, 0.717) is 12.0 Å². The van der Waals surface area contributed by atoms with Gasteiger partial charge in [0.15, 0.2) is 0 Å². The first-order chi connectivity index (χ1) is 7.25. The van der Waals surface area contributed by atoms with Gasteiger partial charge in [-0.05, 0) is 29.3 Å². The van der Waals surface area contributed by atoms with Crippen molar-refractivity contribution in [2.45, 2.75) is 6.42 Å². The van der Waals surface area contributed by atoms with Gasteiger partial charge < -0.3 is 5.11 Å². The highest BCUT2D eigenvalue weighted by Crippen LogP contribution is 2.17. The van der Waals surface area contributed by atoms with Crippen molar-refractivity contribution in [2.24, 2.45) is 0 Å². The van der Waals surface area contributed by atoms with E-state index in [9.17, 15) is 4.39 Å². The molecule has 0 atom stereocenters. The van der Waals surface area contributed by atoms with E-state index in [2.05, 4.69) is 4.98 Å². The normalized spacial score (nSPS) is 10.2. The van der Waals surface area contributed by atoms with Crippen molar-refractivity contribution in [3.63, 3.8) is 0 Å². The van der Waals surface area contributed by atoms with Crippen LogP contribution in [0.1, 0.15) is 11.1 Å². The topological polar surface area (TPSA) is 33.1 Å². The Kier molecular flexibility index (Phi) is 2.63. The fourth-order valence-electron chi connectivity index (χ4n) is 1.40. The molecule has 1 aromatic carbocycles. The summed E-state index contributed by atoms with van der Waals surface area (Å²) in [5.74, 6) is -0.433. The maximum Gasteiger partial charge on any atom is 0.130 e. The van der Waals surface area contributed by atoms with Crippen LogP contribution in [0.15, 0.2) is 42.7 Å². The van der Waals surface area contributed by atoms with Crippen LogP contribution < -0.4 is 0 Å². The first-order valence-electron chi connectivity index (χ1n) is 4.62. The zero-order valence-electron chi connectivity index (χ0n) is 8.02. The Morgan fingerprint density at radius 2 is 1.87 bits per heavy atom. The van der Waals surface area contributed by atoms with Gasteiger partial charge in [0, 0.05) is 24.9 Å². The second-order valence-electron chi connectivity index (χ2n) is 3.31. The summed E-state index contributed by atoms with van der Waals surface area (Å²) in [5, 5.41) is 9.05. The molecule has 1 aromatic heterocycles. The summed E-state index contributed by atoms with van der Waals surface area (Å²) in [6.07, 6.45) is 3.86. The zero-order valence-corrected chi connectivity index (χ0v) is 8.02. The molecular formula is C12H10FNO. The Labute approximate surface area is 87.0 Å². The van der Waals surface area contributed by atoms with Crippen molar-refractivity contribution in [1.29, 1.82) is 0 Å². The molecular weight excluding hydrogens is 193 g/mol. The van der Waals surface area contributed by atoms with Crippen molar-refractivity contribution < 1.29 is 9.50 Å². The third kappa shape index (κ3) is 2.31. The molecule has 0 saturated carbocycles. The largest absolute Gasteiger partial charge is 0.508 e. The van der Waals surface area contributed by atoms with E-state index in [-0.39, 0.29) is 11.6 Å². The minimum atomic E-state index is -0.383. The van der Waals surface area contributed by atoms with E-state index in [4.69, 9.17) is 5.11 Å². The van der Waals surface area contributed by atoms with E-state index < -0.39 is 0 Å². The Morgan fingerprint density at radius 3 is 2.53 bits per heavy atom. The van der Waals surface area contributed by atoms with Gasteiger partial charge in [0.25, 0.3) is 0 Å². The summed E-state index contributed by atoms with van der Waals surface area (Å²) in [5.41, 5.74) is 1.56. The molecule has 2 rings (SSSR count). The Hall–Kier alpha value is -1.90. The lowest BCUT2D eigenvalue weighted by Gasteiger charge is -2.03. The Bertz CT molecular complexity index is 456. The lowest BCUT2D eigenvalue weighted by Crippen LogP contribution is -1.92. The molecule has 0 bridgehead atoms. The standard InChI is InChI=1S/C12H10FNO/c13-12-8-11(15)2-1-10(12)7-9-3-5-14-6-4-9/h1-6,8,15H,7H2. The van der Waals surface area contributed by atoms with Gasteiger partial charge in [-0.1, -0.05) is 6.07 Å². The lowest BCUT2D eigenvalue weighted by atomic mass is 10.1. The number of aromatic nitrogens is 1. The highest BCUT2D eigenvalue weighted by Gasteiger charge is 2.03. The SMILES string of the molecule is Oc1ccc(Cc2ccncc2)c(F)c1. The van der Waals surface area contributed by atoms with E-state index in [1.54, 1.807) is 18.5 Å². The third-order valence-electron chi connectivity index (χ3n) is 2.18. The van der Waals surface area contributed by atoms with Gasteiger partial charge in [0.1, 0.15) is 11.6 Å². The van der Waals surface area contributed by atoms with Crippen LogP contribution in [0.4, 0.5) is 4.39 Å². The first-order valence-corrected chi connectivity index (χ1v) is 4.62. The summed E-state index contributed by atoms with van der Waals surface area (Å²) < 4.78 is 13.4. The maximum atomic E-state index is 13.4. The predicted molar refractivity (Wildman–Crippen MR) is 55.1 cm³/mol. The van der Waals surface area contributed by atoms with Crippen molar-refractivity contribution in [3.8, 4) is 5.75 Å². The van der Waals surface area contributed by atoms with Crippen LogP contribution in [0.5, 0.6) is 5.75 Å². The fourth-order valence-corrected chi connectivity index (χ4v) is 1.40. The van der Waals surface area contributed by atoms with Crippen LogP contribution >= 0.6 is 0 Å².